The number of rotatable bonds is 11. The number of hydroxylamine groups is 2. The predicted octanol–water partition coefficient (Wildman–Crippen LogP) is 1.31. The molecule has 0 spiro atoms. The van der Waals surface area contributed by atoms with Gasteiger partial charge in [0.2, 0.25) is 18.3 Å². The average molecular weight is 368 g/mol. The minimum atomic E-state index is -0.584. The highest BCUT2D eigenvalue weighted by Gasteiger charge is 2.22. The fourth-order valence-corrected chi connectivity index (χ4v) is 2.60. The summed E-state index contributed by atoms with van der Waals surface area (Å²) in [4.78, 5) is 32.6. The Kier molecular flexibility index (Phi) is 7.52. The fraction of sp³-hybridized carbons (Fsp3) is 0.625. The highest BCUT2D eigenvalue weighted by Crippen LogP contribution is 2.22. The monoisotopic (exact) mass is 368 g/mol. The summed E-state index contributed by atoms with van der Waals surface area (Å²) in [5.41, 5.74) is 5.04. The van der Waals surface area contributed by atoms with Crippen LogP contribution in [0.5, 0.6) is 0 Å². The van der Waals surface area contributed by atoms with Gasteiger partial charge in [-0.15, -0.1) is 0 Å². The van der Waals surface area contributed by atoms with E-state index < -0.39 is 17.6 Å². The number of halogens is 1. The molecule has 2 rings (SSSR count). The van der Waals surface area contributed by atoms with Crippen LogP contribution in [0.1, 0.15) is 39.0 Å². The molecule has 1 aliphatic heterocycles. The molecule has 2 amide bonds. The van der Waals surface area contributed by atoms with Gasteiger partial charge in [-0.1, -0.05) is 26.2 Å². The van der Waals surface area contributed by atoms with E-state index in [4.69, 9.17) is 0 Å². The van der Waals surface area contributed by atoms with Crippen LogP contribution in [-0.4, -0.2) is 52.2 Å². The number of nitrogens with one attached hydrogen (secondary N) is 2. The van der Waals surface area contributed by atoms with E-state index >= 15 is 0 Å². The number of carbonyl (C=O) groups is 2. The molecule has 0 radical (unpaired) electrons. The maximum atomic E-state index is 13.8. The van der Waals surface area contributed by atoms with Gasteiger partial charge >= 0.3 is 0 Å². The molecule has 26 heavy (non-hydrogen) atoms. The molecule has 0 saturated carbocycles. The van der Waals surface area contributed by atoms with Crippen LogP contribution < -0.4 is 15.8 Å². The summed E-state index contributed by atoms with van der Waals surface area (Å²) in [5.74, 6) is -1.23. The van der Waals surface area contributed by atoms with Gasteiger partial charge in [-0.2, -0.15) is 4.98 Å². The molecule has 0 bridgehead atoms. The number of unbranched alkanes of at least 4 members (excludes halogenated alkanes) is 2. The van der Waals surface area contributed by atoms with Crippen molar-refractivity contribution in [1.82, 2.24) is 20.5 Å². The second kappa shape index (κ2) is 9.85. The van der Waals surface area contributed by atoms with E-state index in [1.165, 1.54) is 0 Å². The third-order valence-electron chi connectivity index (χ3n) is 4.23. The second-order valence-electron chi connectivity index (χ2n) is 6.24. The summed E-state index contributed by atoms with van der Waals surface area (Å²) in [6.45, 7) is 3.40. The van der Waals surface area contributed by atoms with Crippen LogP contribution in [0.25, 0.3) is 0 Å². The van der Waals surface area contributed by atoms with E-state index in [0.717, 1.165) is 45.0 Å². The molecule has 1 saturated heterocycles. The van der Waals surface area contributed by atoms with E-state index in [9.17, 15) is 19.2 Å². The molecule has 10 heteroatoms. The van der Waals surface area contributed by atoms with Gasteiger partial charge in [-0.25, -0.2) is 14.4 Å². The first-order valence-corrected chi connectivity index (χ1v) is 8.79. The lowest BCUT2D eigenvalue weighted by Crippen LogP contribution is -2.41. The van der Waals surface area contributed by atoms with Crippen molar-refractivity contribution in [2.45, 2.75) is 39.0 Å². The molecule has 1 aromatic heterocycles. The van der Waals surface area contributed by atoms with Crippen LogP contribution >= 0.6 is 0 Å². The van der Waals surface area contributed by atoms with Gasteiger partial charge in [0.25, 0.3) is 0 Å². The van der Waals surface area contributed by atoms with Crippen LogP contribution in [0.3, 0.4) is 0 Å². The first-order valence-electron chi connectivity index (χ1n) is 8.79. The Bertz CT molecular complexity index is 614. The first-order chi connectivity index (χ1) is 12.5. The minimum absolute atomic E-state index is 0.0743. The van der Waals surface area contributed by atoms with Gasteiger partial charge < -0.3 is 4.90 Å². The summed E-state index contributed by atoms with van der Waals surface area (Å²) < 4.78 is 13.8. The number of aromatic nitrogens is 2. The SMILES string of the molecule is CCCCC[C@@H](CN(O)C=O)C(=O)NNc1ncc(F)c(N2CCC2)n1. The van der Waals surface area contributed by atoms with E-state index in [-0.39, 0.29) is 24.7 Å². The highest BCUT2D eigenvalue weighted by molar-refractivity contribution is 5.80. The quantitative estimate of drug-likeness (QED) is 0.234. The first kappa shape index (κ1) is 19.8. The number of hydrogen-bond acceptors (Lipinski definition) is 7. The van der Waals surface area contributed by atoms with E-state index in [1.54, 1.807) is 4.90 Å². The number of hydrogen-bond donors (Lipinski definition) is 3. The number of nitrogens with zero attached hydrogens (tertiary/aromatic N) is 4. The zero-order valence-corrected chi connectivity index (χ0v) is 14.8. The van der Waals surface area contributed by atoms with Crippen LogP contribution in [0.2, 0.25) is 0 Å². The number of anilines is 2. The molecule has 0 unspecified atom stereocenters. The molecule has 0 aliphatic carbocycles. The zero-order valence-electron chi connectivity index (χ0n) is 14.8. The molecule has 2 heterocycles. The zero-order chi connectivity index (χ0) is 18.9. The second-order valence-corrected chi connectivity index (χ2v) is 6.24. The maximum Gasteiger partial charge on any atom is 0.243 e. The Morgan fingerprint density at radius 1 is 1.50 bits per heavy atom. The molecule has 1 atom stereocenters. The maximum absolute atomic E-state index is 13.8. The molecule has 1 aromatic rings. The normalized spacial score (nSPS) is 14.3. The summed E-state index contributed by atoms with van der Waals surface area (Å²) in [6.07, 6.45) is 5.56. The third kappa shape index (κ3) is 5.51. The molecule has 3 N–H and O–H groups in total. The van der Waals surface area contributed by atoms with Crippen molar-refractivity contribution in [2.24, 2.45) is 5.92 Å². The van der Waals surface area contributed by atoms with Gasteiger partial charge in [0, 0.05) is 13.1 Å². The Balaban J connectivity index is 1.94. The van der Waals surface area contributed by atoms with Crippen LogP contribution in [0.15, 0.2) is 6.20 Å². The molecule has 1 aliphatic rings. The van der Waals surface area contributed by atoms with Crippen molar-refractivity contribution < 1.29 is 19.2 Å². The van der Waals surface area contributed by atoms with E-state index in [0.29, 0.717) is 11.5 Å². The topological polar surface area (TPSA) is 111 Å². The third-order valence-corrected chi connectivity index (χ3v) is 4.23. The predicted molar refractivity (Wildman–Crippen MR) is 92.8 cm³/mol. The Labute approximate surface area is 151 Å². The van der Waals surface area contributed by atoms with Crippen molar-refractivity contribution in [3.05, 3.63) is 12.0 Å². The smallest absolute Gasteiger partial charge is 0.243 e. The van der Waals surface area contributed by atoms with Crippen LogP contribution in [0.4, 0.5) is 16.2 Å². The molecule has 0 aromatic carbocycles. The highest BCUT2D eigenvalue weighted by atomic mass is 19.1. The minimum Gasteiger partial charge on any atom is -0.354 e. The van der Waals surface area contributed by atoms with Gasteiger partial charge in [0.15, 0.2) is 11.6 Å². The van der Waals surface area contributed by atoms with Gasteiger partial charge in [-0.3, -0.25) is 25.6 Å². The summed E-state index contributed by atoms with van der Waals surface area (Å²) in [5, 5.41) is 9.82. The Hall–Kier alpha value is -2.49. The van der Waals surface area contributed by atoms with Crippen molar-refractivity contribution in [1.29, 1.82) is 0 Å². The number of carbonyl (C=O) groups excluding carboxylic acids is 2. The average Bonchev–Trinajstić information content (AvgIpc) is 2.59. The van der Waals surface area contributed by atoms with Crippen molar-refractivity contribution >= 4 is 24.1 Å². The number of hydrazine groups is 1. The Morgan fingerprint density at radius 2 is 2.27 bits per heavy atom. The van der Waals surface area contributed by atoms with Crippen molar-refractivity contribution in [2.75, 3.05) is 30.0 Å². The molecular weight excluding hydrogens is 343 g/mol. The molecule has 1 fully saturated rings. The molecule has 144 valence electrons. The number of amides is 2. The van der Waals surface area contributed by atoms with Crippen LogP contribution in [0, 0.1) is 11.7 Å². The van der Waals surface area contributed by atoms with Crippen molar-refractivity contribution in [3.63, 3.8) is 0 Å². The van der Waals surface area contributed by atoms with Gasteiger partial charge in [0.1, 0.15) is 0 Å². The van der Waals surface area contributed by atoms with E-state index in [2.05, 4.69) is 20.8 Å². The summed E-state index contributed by atoms with van der Waals surface area (Å²) in [7, 11) is 0. The molecular formula is C16H25FN6O3. The lowest BCUT2D eigenvalue weighted by molar-refractivity contribution is -0.154. The lowest BCUT2D eigenvalue weighted by Gasteiger charge is -2.32. The largest absolute Gasteiger partial charge is 0.354 e. The summed E-state index contributed by atoms with van der Waals surface area (Å²) >= 11 is 0. The van der Waals surface area contributed by atoms with Gasteiger partial charge in [0.05, 0.1) is 18.7 Å². The van der Waals surface area contributed by atoms with E-state index in [1.807, 2.05) is 6.92 Å². The van der Waals surface area contributed by atoms with Crippen molar-refractivity contribution in [3.8, 4) is 0 Å². The van der Waals surface area contributed by atoms with Crippen LogP contribution in [-0.2, 0) is 9.59 Å². The molecule has 9 nitrogen and oxygen atoms in total. The fourth-order valence-electron chi connectivity index (χ4n) is 2.60. The van der Waals surface area contributed by atoms with Gasteiger partial charge in [-0.05, 0) is 12.8 Å². The lowest BCUT2D eigenvalue weighted by atomic mass is 10.0. The Morgan fingerprint density at radius 3 is 2.88 bits per heavy atom. The summed E-state index contributed by atoms with van der Waals surface area (Å²) in [6, 6.07) is 0. The standard InChI is InChI=1S/C16H25FN6O3/c1-2-3-4-6-12(10-23(26)11-24)15(25)20-21-16-18-9-13(17)14(19-16)22-7-5-8-22/h9,11-12,26H,2-8,10H2,1H3,(H,20,25)(H,18,19,21)/t12-/m0/s1.